The van der Waals surface area contributed by atoms with E-state index in [-0.39, 0.29) is 27.0 Å². The molecule has 0 nitrogen and oxygen atoms in total. The first-order chi connectivity index (χ1) is 37.8. The van der Waals surface area contributed by atoms with Crippen LogP contribution in [0.15, 0.2) is 48.5 Å². The van der Waals surface area contributed by atoms with E-state index < -0.39 is 139 Å². The van der Waals surface area contributed by atoms with E-state index in [9.17, 15) is 0 Å². The van der Waals surface area contributed by atoms with E-state index in [4.69, 9.17) is 0 Å². The summed E-state index contributed by atoms with van der Waals surface area (Å²) in [5.74, 6) is 0. The molecule has 4 aromatic rings. The van der Waals surface area contributed by atoms with Crippen LogP contribution in [0.3, 0.4) is 0 Å². The van der Waals surface area contributed by atoms with Gasteiger partial charge in [0.2, 0.25) is 0 Å². The summed E-state index contributed by atoms with van der Waals surface area (Å²) in [6, 6.07) is 21.6. The second-order valence-electron chi connectivity index (χ2n) is 40.9. The molecular formula is C72H142S2Si12Sn2. The van der Waals surface area contributed by atoms with Gasteiger partial charge >= 0.3 is 577 Å². The van der Waals surface area contributed by atoms with Crippen LogP contribution in [0.4, 0.5) is 0 Å². The summed E-state index contributed by atoms with van der Waals surface area (Å²) in [4.78, 5) is 0. The molecule has 0 aliphatic heterocycles. The Hall–Kier alpha value is 1.78. The number of hydrogen-bond acceptors (Lipinski definition) is 2. The van der Waals surface area contributed by atoms with Crippen molar-refractivity contribution < 1.29 is 0 Å². The fourth-order valence-corrected chi connectivity index (χ4v) is 108. The van der Waals surface area contributed by atoms with Crippen molar-refractivity contribution >= 4 is 180 Å². The molecule has 0 spiro atoms. The van der Waals surface area contributed by atoms with Crippen molar-refractivity contribution in [2.45, 2.75) is 308 Å². The standard InChI is InChI=1S/2C27H59Si6.2C9H11.2H2S.2Sn/c2*1-28(2,3)25(29(4,5)6)22-19-23(26(30(7,8)9)31(10,11)12)21-24(20-22)27(32(13,14)15)33(16,17)18;2*1-7-4-8(2)6-9(3)5-7;;;;/h2*19-20,25-27H,1-18H3;2*4-5H,1-3H3;2*1H2;;/q;;;;;;;+2/p-2. The smallest absolute Gasteiger partial charge is 0.813 e. The molecule has 0 bridgehead atoms. The van der Waals surface area contributed by atoms with Gasteiger partial charge < -0.3 is 27.0 Å². The molecule has 0 aliphatic carbocycles. The van der Waals surface area contributed by atoms with Gasteiger partial charge in [-0.2, -0.15) is 0 Å². The molecule has 0 atom stereocenters. The molecule has 0 amide bonds. The quantitative estimate of drug-likeness (QED) is 0.0437. The average molecular weight is 1650 g/mol. The van der Waals surface area contributed by atoms with E-state index in [1.807, 2.05) is 29.4 Å². The molecule has 0 aliphatic rings. The normalized spacial score (nSPS) is 14.0. The Morgan fingerprint density at radius 3 is 0.648 bits per heavy atom. The van der Waals surface area contributed by atoms with Crippen LogP contribution in [0.2, 0.25) is 236 Å². The minimum absolute atomic E-state index is 0. The zero-order valence-corrected chi connectivity index (χ0v) is 85.5. The molecule has 0 unspecified atom stereocenters. The van der Waals surface area contributed by atoms with Gasteiger partial charge in [0.25, 0.3) is 0 Å². The fourth-order valence-electron chi connectivity index (χ4n) is 19.5. The number of benzene rings is 4. The van der Waals surface area contributed by atoms with Crippen molar-refractivity contribution in [3.63, 3.8) is 0 Å². The average Bonchev–Trinajstić information content (AvgIpc) is 3.16. The Kier molecular flexibility index (Phi) is 30.4. The first-order valence-electron chi connectivity index (χ1n) is 33.8. The van der Waals surface area contributed by atoms with Crippen molar-refractivity contribution in [2.75, 3.05) is 0 Å². The van der Waals surface area contributed by atoms with Crippen molar-refractivity contribution in [3.8, 4) is 0 Å². The molecule has 498 valence electrons. The summed E-state index contributed by atoms with van der Waals surface area (Å²) in [5, 5.41) is 4.71. The summed E-state index contributed by atoms with van der Waals surface area (Å²) < 4.78 is 7.37. The molecule has 4 aromatic carbocycles. The Labute approximate surface area is 597 Å². The van der Waals surface area contributed by atoms with Crippen LogP contribution < -0.4 is 14.3 Å². The van der Waals surface area contributed by atoms with E-state index in [1.54, 1.807) is 40.5 Å². The predicted molar refractivity (Wildman–Crippen MR) is 458 cm³/mol. The predicted octanol–water partition coefficient (Wildman–Crippen LogP) is 21.0. The Bertz CT molecular complexity index is 2560. The minimum atomic E-state index is -1.51. The summed E-state index contributed by atoms with van der Waals surface area (Å²) in [6.07, 6.45) is 0. The van der Waals surface area contributed by atoms with Crippen LogP contribution in [0.1, 0.15) is 97.7 Å². The zero-order valence-electron chi connectivity index (χ0n) is 66.0. The van der Waals surface area contributed by atoms with Crippen LogP contribution in [-0.4, -0.2) is 139 Å². The van der Waals surface area contributed by atoms with Crippen molar-refractivity contribution in [1.82, 2.24) is 0 Å². The minimum Gasteiger partial charge on any atom is -0.813 e. The summed E-state index contributed by atoms with van der Waals surface area (Å²) in [7, 11) is -17.9. The maximum atomic E-state index is 2.91. The first kappa shape index (κ1) is 87.8. The van der Waals surface area contributed by atoms with Crippen LogP contribution in [0.5, 0.6) is 0 Å². The van der Waals surface area contributed by atoms with E-state index in [0.29, 0.717) is 0 Å². The van der Waals surface area contributed by atoms with E-state index >= 15 is 0 Å². The molecule has 88 heavy (non-hydrogen) atoms. The molecule has 16 heteroatoms. The van der Waals surface area contributed by atoms with Gasteiger partial charge in [-0.05, 0) is 0 Å². The van der Waals surface area contributed by atoms with Gasteiger partial charge in [-0.3, -0.25) is 0 Å². The monoisotopic (exact) mass is 1650 g/mol. The third-order valence-electron chi connectivity index (χ3n) is 18.6. The SMILES string of the molecule is Cc1cc(C)[c]([Sn+2][c]2c(C([Si](C)(C)C)[Si](C)(C)C)cc(C([Si](C)(C)C)[Si](C)(C)C)cc2C([Si](C)(C)C)[Si](C)(C)C)c(C)c1.Cc1cc(C)[c]([Sn][c]2c(C([Si](C)(C)C)[Si](C)(C)C)cc(C([Si](C)(C)C)[Si](C)(C)C)cc2C([Si](C)(C)C)[Si](C)(C)C)c(C)c1.[SH-].[SH-]. The Morgan fingerprint density at radius 1 is 0.239 bits per heavy atom. The van der Waals surface area contributed by atoms with Gasteiger partial charge in [-0.15, -0.1) is 0 Å². The van der Waals surface area contributed by atoms with Gasteiger partial charge in [0.15, 0.2) is 0 Å². The van der Waals surface area contributed by atoms with Crippen LogP contribution >= 0.6 is 0 Å². The molecule has 0 fully saturated rings. The molecule has 4 rings (SSSR count). The van der Waals surface area contributed by atoms with Crippen molar-refractivity contribution in [3.05, 3.63) is 115 Å². The molecule has 0 N–H and O–H groups in total. The van der Waals surface area contributed by atoms with Crippen molar-refractivity contribution in [1.29, 1.82) is 0 Å². The van der Waals surface area contributed by atoms with Crippen molar-refractivity contribution in [2.24, 2.45) is 0 Å². The van der Waals surface area contributed by atoms with Crippen LogP contribution in [-0.2, 0) is 27.0 Å². The van der Waals surface area contributed by atoms with E-state index in [1.165, 1.54) is 11.1 Å². The van der Waals surface area contributed by atoms with Crippen LogP contribution in [0, 0.1) is 41.5 Å². The maximum absolute atomic E-state index is 2.91. The van der Waals surface area contributed by atoms with Gasteiger partial charge in [-0.1, -0.05) is 0 Å². The van der Waals surface area contributed by atoms with E-state index in [0.717, 1.165) is 31.0 Å². The van der Waals surface area contributed by atoms with E-state index in [2.05, 4.69) is 326 Å². The second kappa shape index (κ2) is 30.5. The summed E-state index contributed by atoms with van der Waals surface area (Å²) >= 11 is -2.16. The van der Waals surface area contributed by atoms with Crippen LogP contribution in [0.25, 0.3) is 0 Å². The number of thiol groups is 2. The fraction of sp³-hybridized carbons (Fsp3) is 0.667. The molecule has 0 heterocycles. The van der Waals surface area contributed by atoms with Gasteiger partial charge in [0.05, 0.1) is 0 Å². The molecular weight excluding hydrogens is 1500 g/mol. The van der Waals surface area contributed by atoms with Gasteiger partial charge in [0, 0.05) is 0 Å². The maximum Gasteiger partial charge on any atom is -0.813 e. The topological polar surface area (TPSA) is 0 Å². The van der Waals surface area contributed by atoms with Gasteiger partial charge in [-0.25, -0.2) is 0 Å². The third-order valence-corrected chi connectivity index (χ3v) is 85.0. The second-order valence-corrected chi connectivity index (χ2v) is 115. The molecule has 0 saturated carbocycles. The molecule has 2 radical (unpaired) electrons. The molecule has 0 aromatic heterocycles. The molecule has 0 saturated heterocycles. The Morgan fingerprint density at radius 2 is 0.432 bits per heavy atom. The summed E-state index contributed by atoms with van der Waals surface area (Å²) in [6.45, 7) is 111. The largest absolute Gasteiger partial charge is 0.813 e. The zero-order chi connectivity index (χ0) is 67.8. The first-order valence-corrected chi connectivity index (χ1v) is 82.5. The number of hydrogen-bond donors (Lipinski definition) is 0. The number of rotatable bonds is 22. The third kappa shape index (κ3) is 22.9. The number of aryl methyl sites for hydroxylation is 6. The van der Waals surface area contributed by atoms with Gasteiger partial charge in [0.1, 0.15) is 0 Å². The summed E-state index contributed by atoms with van der Waals surface area (Å²) in [5.41, 5.74) is 20.1. The Balaban J connectivity index is 0.000000860.